The number of hydrazone groups is 1. The average Bonchev–Trinajstić information content (AvgIpc) is 2.59. The Labute approximate surface area is 143 Å². The third kappa shape index (κ3) is 4.82. The lowest BCUT2D eigenvalue weighted by atomic mass is 10.0. The molecule has 0 radical (unpaired) electrons. The minimum Gasteiger partial charge on any atom is -0.496 e. The van der Waals surface area contributed by atoms with Crippen LogP contribution < -0.4 is 10.2 Å². The third-order valence-corrected chi connectivity index (χ3v) is 3.51. The quantitative estimate of drug-likeness (QED) is 0.659. The van der Waals surface area contributed by atoms with Gasteiger partial charge in [0.1, 0.15) is 5.75 Å². The highest BCUT2D eigenvalue weighted by Gasteiger charge is 2.33. The summed E-state index contributed by atoms with van der Waals surface area (Å²) in [5.41, 5.74) is 2.14. The number of hydrogen-bond donors (Lipinski definition) is 1. The lowest BCUT2D eigenvalue weighted by Crippen LogP contribution is -2.22. The Morgan fingerprint density at radius 2 is 1.76 bits per heavy atom. The number of amides is 1. The van der Waals surface area contributed by atoms with Gasteiger partial charge in [0.25, 0.3) is 0 Å². The maximum absolute atomic E-state index is 13.0. The zero-order valence-corrected chi connectivity index (χ0v) is 13.7. The normalized spacial score (nSPS) is 12.0. The molecule has 2 aromatic rings. The standard InChI is InChI=1S/C18H17F3N2O2/c1-12(14-8-4-5-9-15(14)18(19,20)21)22-23-17(24)11-13-7-3-6-10-16(13)25-2/h3-10H,11H2,1-2H3,(H,23,24)/b22-12+. The van der Waals surface area contributed by atoms with E-state index in [2.05, 4.69) is 10.5 Å². The van der Waals surface area contributed by atoms with E-state index in [0.717, 1.165) is 6.07 Å². The van der Waals surface area contributed by atoms with Gasteiger partial charge in [-0.1, -0.05) is 36.4 Å². The molecule has 132 valence electrons. The fraction of sp³-hybridized carbons (Fsp3) is 0.222. The van der Waals surface area contributed by atoms with Crippen molar-refractivity contribution in [2.75, 3.05) is 7.11 Å². The summed E-state index contributed by atoms with van der Waals surface area (Å²) in [6, 6.07) is 12.1. The Balaban J connectivity index is 2.13. The second-order valence-corrected chi connectivity index (χ2v) is 5.26. The highest BCUT2D eigenvalue weighted by Crippen LogP contribution is 2.32. The SMILES string of the molecule is COc1ccccc1CC(=O)N/N=C(\C)c1ccccc1C(F)(F)F. The molecular formula is C18H17F3N2O2. The largest absolute Gasteiger partial charge is 0.496 e. The van der Waals surface area contributed by atoms with Gasteiger partial charge in [0.15, 0.2) is 0 Å². The van der Waals surface area contributed by atoms with Crippen LogP contribution in [0.4, 0.5) is 13.2 Å². The molecule has 0 spiro atoms. The highest BCUT2D eigenvalue weighted by molar-refractivity contribution is 6.00. The van der Waals surface area contributed by atoms with E-state index < -0.39 is 17.6 Å². The summed E-state index contributed by atoms with van der Waals surface area (Å²) in [7, 11) is 1.49. The monoisotopic (exact) mass is 350 g/mol. The van der Waals surface area contributed by atoms with Gasteiger partial charge in [-0.05, 0) is 19.1 Å². The Hall–Kier alpha value is -2.83. The van der Waals surface area contributed by atoms with Crippen molar-refractivity contribution in [1.29, 1.82) is 0 Å². The van der Waals surface area contributed by atoms with Gasteiger partial charge in [0.2, 0.25) is 5.91 Å². The molecule has 2 aromatic carbocycles. The molecular weight excluding hydrogens is 333 g/mol. The molecule has 0 atom stereocenters. The number of hydrogen-bond acceptors (Lipinski definition) is 3. The summed E-state index contributed by atoms with van der Waals surface area (Å²) in [5, 5.41) is 3.80. The highest BCUT2D eigenvalue weighted by atomic mass is 19.4. The van der Waals surface area contributed by atoms with Crippen LogP contribution in [-0.4, -0.2) is 18.7 Å². The number of alkyl halides is 3. The van der Waals surface area contributed by atoms with E-state index in [1.807, 2.05) is 0 Å². The molecule has 0 saturated carbocycles. The maximum Gasteiger partial charge on any atom is 0.417 e. The van der Waals surface area contributed by atoms with E-state index >= 15 is 0 Å². The first-order chi connectivity index (χ1) is 11.8. The number of ether oxygens (including phenoxy) is 1. The molecule has 7 heteroatoms. The van der Waals surface area contributed by atoms with Crippen molar-refractivity contribution in [1.82, 2.24) is 5.43 Å². The summed E-state index contributed by atoms with van der Waals surface area (Å²) in [6.45, 7) is 1.41. The Kier molecular flexibility index (Phi) is 5.80. The number of halogens is 3. The van der Waals surface area contributed by atoms with Crippen LogP contribution in [0, 0.1) is 0 Å². The minimum absolute atomic E-state index is 0.00170. The van der Waals surface area contributed by atoms with Crippen molar-refractivity contribution in [2.45, 2.75) is 19.5 Å². The fourth-order valence-corrected chi connectivity index (χ4v) is 2.31. The predicted octanol–water partition coefficient (Wildman–Crippen LogP) is 3.80. The Morgan fingerprint density at radius 1 is 1.12 bits per heavy atom. The summed E-state index contributed by atoms with van der Waals surface area (Å²) >= 11 is 0. The number of rotatable bonds is 5. The van der Waals surface area contributed by atoms with E-state index in [1.165, 1.54) is 32.2 Å². The summed E-state index contributed by atoms with van der Waals surface area (Å²) < 4.78 is 44.2. The van der Waals surface area contributed by atoms with Gasteiger partial charge in [-0.3, -0.25) is 4.79 Å². The maximum atomic E-state index is 13.0. The minimum atomic E-state index is -4.49. The third-order valence-electron chi connectivity index (χ3n) is 3.51. The van der Waals surface area contributed by atoms with E-state index in [4.69, 9.17) is 4.74 Å². The first kappa shape index (κ1) is 18.5. The second kappa shape index (κ2) is 7.83. The molecule has 0 unspecified atom stereocenters. The van der Waals surface area contributed by atoms with Gasteiger partial charge >= 0.3 is 6.18 Å². The molecule has 0 aliphatic heterocycles. The first-order valence-corrected chi connectivity index (χ1v) is 7.44. The first-order valence-electron chi connectivity index (χ1n) is 7.44. The van der Waals surface area contributed by atoms with Crippen LogP contribution in [0.5, 0.6) is 5.75 Å². The van der Waals surface area contributed by atoms with Crippen LogP contribution >= 0.6 is 0 Å². The van der Waals surface area contributed by atoms with Gasteiger partial charge in [-0.25, -0.2) is 5.43 Å². The zero-order valence-electron chi connectivity index (χ0n) is 13.7. The topological polar surface area (TPSA) is 50.7 Å². The molecule has 0 aromatic heterocycles. The molecule has 1 amide bonds. The van der Waals surface area contributed by atoms with Crippen molar-refractivity contribution >= 4 is 11.6 Å². The fourth-order valence-electron chi connectivity index (χ4n) is 2.31. The van der Waals surface area contributed by atoms with Gasteiger partial charge in [0, 0.05) is 11.1 Å². The molecule has 2 rings (SSSR count). The molecule has 0 saturated heterocycles. The smallest absolute Gasteiger partial charge is 0.417 e. The van der Waals surface area contributed by atoms with Crippen LogP contribution in [0.2, 0.25) is 0 Å². The van der Waals surface area contributed by atoms with Crippen LogP contribution in [0.3, 0.4) is 0 Å². The summed E-state index contributed by atoms with van der Waals surface area (Å²) in [5.74, 6) is 0.106. The number of methoxy groups -OCH3 is 1. The van der Waals surface area contributed by atoms with Gasteiger partial charge in [-0.15, -0.1) is 0 Å². The van der Waals surface area contributed by atoms with Gasteiger partial charge in [-0.2, -0.15) is 18.3 Å². The van der Waals surface area contributed by atoms with Crippen LogP contribution in [0.25, 0.3) is 0 Å². The Bertz CT molecular complexity index is 786. The van der Waals surface area contributed by atoms with Crippen molar-refractivity contribution in [3.63, 3.8) is 0 Å². The summed E-state index contributed by atoms with van der Waals surface area (Å²) in [6.07, 6.45) is -4.49. The van der Waals surface area contributed by atoms with E-state index in [9.17, 15) is 18.0 Å². The number of para-hydroxylation sites is 1. The number of nitrogens with one attached hydrogen (secondary N) is 1. The summed E-state index contributed by atoms with van der Waals surface area (Å²) in [4.78, 5) is 12.0. The lowest BCUT2D eigenvalue weighted by Gasteiger charge is -2.12. The molecule has 0 heterocycles. The number of nitrogens with zero attached hydrogens (tertiary/aromatic N) is 1. The van der Waals surface area contributed by atoms with E-state index in [-0.39, 0.29) is 17.7 Å². The average molecular weight is 350 g/mol. The van der Waals surface area contributed by atoms with E-state index in [0.29, 0.717) is 11.3 Å². The lowest BCUT2D eigenvalue weighted by molar-refractivity contribution is -0.137. The van der Waals surface area contributed by atoms with Crippen molar-refractivity contribution in [2.24, 2.45) is 5.10 Å². The molecule has 1 N–H and O–H groups in total. The molecule has 25 heavy (non-hydrogen) atoms. The molecule has 0 fully saturated rings. The van der Waals surface area contributed by atoms with E-state index in [1.54, 1.807) is 24.3 Å². The zero-order chi connectivity index (χ0) is 18.4. The van der Waals surface area contributed by atoms with Crippen molar-refractivity contribution in [3.8, 4) is 5.75 Å². The van der Waals surface area contributed by atoms with Crippen LogP contribution in [0.1, 0.15) is 23.6 Å². The molecule has 0 aliphatic rings. The second-order valence-electron chi connectivity index (χ2n) is 5.26. The van der Waals surface area contributed by atoms with Gasteiger partial charge < -0.3 is 4.74 Å². The number of benzene rings is 2. The predicted molar refractivity (Wildman–Crippen MR) is 88.5 cm³/mol. The molecule has 4 nitrogen and oxygen atoms in total. The van der Waals surface area contributed by atoms with Crippen LogP contribution in [0.15, 0.2) is 53.6 Å². The number of carbonyl (C=O) groups is 1. The van der Waals surface area contributed by atoms with Gasteiger partial charge in [0.05, 0.1) is 24.8 Å². The number of carbonyl (C=O) groups excluding carboxylic acids is 1. The van der Waals surface area contributed by atoms with Crippen molar-refractivity contribution < 1.29 is 22.7 Å². The van der Waals surface area contributed by atoms with Crippen LogP contribution in [-0.2, 0) is 17.4 Å². The molecule has 0 aliphatic carbocycles. The van der Waals surface area contributed by atoms with Crippen molar-refractivity contribution in [3.05, 3.63) is 65.2 Å². The molecule has 0 bridgehead atoms. The Morgan fingerprint density at radius 3 is 2.44 bits per heavy atom.